The molecule has 0 bridgehead atoms. The Hall–Kier alpha value is -4.60. The smallest absolute Gasteiger partial charge is 0.249 e. The van der Waals surface area contributed by atoms with Gasteiger partial charge < -0.3 is 19.5 Å². The van der Waals surface area contributed by atoms with Crippen LogP contribution in [0.4, 0.5) is 5.69 Å². The zero-order chi connectivity index (χ0) is 28.6. The van der Waals surface area contributed by atoms with Gasteiger partial charge in [0, 0.05) is 6.54 Å². The van der Waals surface area contributed by atoms with E-state index in [1.165, 1.54) is 23.8 Å². The number of amides is 2. The summed E-state index contributed by atoms with van der Waals surface area (Å²) >= 11 is 0. The SMILES string of the molecule is COc1ccc(C(C(=O)NCCC(C)C)N(C(=O)Cn2nnc3ccccc32)c2ccccc2OC)cc1OC. The molecule has 2 amide bonds. The predicted molar refractivity (Wildman–Crippen MR) is 153 cm³/mol. The maximum absolute atomic E-state index is 14.2. The summed E-state index contributed by atoms with van der Waals surface area (Å²) in [5, 5.41) is 11.4. The van der Waals surface area contributed by atoms with Gasteiger partial charge in [-0.1, -0.05) is 49.4 Å². The van der Waals surface area contributed by atoms with Gasteiger partial charge in [-0.3, -0.25) is 14.5 Å². The Labute approximate surface area is 233 Å². The minimum atomic E-state index is -1.05. The van der Waals surface area contributed by atoms with Gasteiger partial charge in [-0.25, -0.2) is 4.68 Å². The summed E-state index contributed by atoms with van der Waals surface area (Å²) in [6.45, 7) is 4.49. The van der Waals surface area contributed by atoms with Crippen LogP contribution in [0.15, 0.2) is 66.7 Å². The average molecular weight is 546 g/mol. The lowest BCUT2D eigenvalue weighted by Gasteiger charge is -2.32. The maximum atomic E-state index is 14.2. The Morgan fingerprint density at radius 3 is 2.33 bits per heavy atom. The molecule has 10 heteroatoms. The van der Waals surface area contributed by atoms with E-state index in [4.69, 9.17) is 14.2 Å². The van der Waals surface area contributed by atoms with Crippen LogP contribution in [-0.2, 0) is 16.1 Å². The van der Waals surface area contributed by atoms with E-state index >= 15 is 0 Å². The molecule has 1 heterocycles. The van der Waals surface area contributed by atoms with Crippen molar-refractivity contribution in [2.24, 2.45) is 5.92 Å². The third-order valence-corrected chi connectivity index (χ3v) is 6.57. The topological polar surface area (TPSA) is 108 Å². The van der Waals surface area contributed by atoms with E-state index in [0.29, 0.717) is 52.0 Å². The Kier molecular flexibility index (Phi) is 9.21. The standard InChI is InChI=1S/C30H35N5O5/c1-20(2)16-17-31-30(37)29(21-14-15-26(39-4)27(18-21)40-5)35(24-12-8-9-13-25(24)38-3)28(36)19-34-23-11-7-6-10-22(23)32-33-34/h6-15,18,20,29H,16-17,19H2,1-5H3,(H,31,37). The summed E-state index contributed by atoms with van der Waals surface area (Å²) in [6.07, 6.45) is 0.790. The lowest BCUT2D eigenvalue weighted by Crippen LogP contribution is -2.45. The van der Waals surface area contributed by atoms with Crippen LogP contribution in [0.1, 0.15) is 31.9 Å². The Balaban J connectivity index is 1.85. The van der Waals surface area contributed by atoms with Gasteiger partial charge in [0.1, 0.15) is 23.9 Å². The summed E-state index contributed by atoms with van der Waals surface area (Å²) in [4.78, 5) is 29.7. The number of hydrogen-bond donors (Lipinski definition) is 1. The number of nitrogens with one attached hydrogen (secondary N) is 1. The summed E-state index contributed by atoms with van der Waals surface area (Å²) in [5.41, 5.74) is 2.36. The maximum Gasteiger partial charge on any atom is 0.249 e. The lowest BCUT2D eigenvalue weighted by atomic mass is 10.0. The normalized spacial score (nSPS) is 11.8. The summed E-state index contributed by atoms with van der Waals surface area (Å²) in [6, 6.07) is 18.7. The van der Waals surface area contributed by atoms with Crippen molar-refractivity contribution >= 4 is 28.5 Å². The molecule has 0 saturated heterocycles. The van der Waals surface area contributed by atoms with Crippen LogP contribution in [0.25, 0.3) is 11.0 Å². The number of carbonyl (C=O) groups is 2. The second-order valence-corrected chi connectivity index (χ2v) is 9.66. The highest BCUT2D eigenvalue weighted by Gasteiger charge is 2.35. The quantitative estimate of drug-likeness (QED) is 0.281. The van der Waals surface area contributed by atoms with Crippen molar-refractivity contribution < 1.29 is 23.8 Å². The number of hydrogen-bond acceptors (Lipinski definition) is 7. The first kappa shape index (κ1) is 28.4. The number of para-hydroxylation sites is 3. The number of nitrogens with zero attached hydrogens (tertiary/aromatic N) is 4. The van der Waals surface area contributed by atoms with Gasteiger partial charge in [-0.15, -0.1) is 5.10 Å². The van der Waals surface area contributed by atoms with Gasteiger partial charge in [0.25, 0.3) is 0 Å². The molecule has 210 valence electrons. The van der Waals surface area contributed by atoms with Crippen LogP contribution in [0, 0.1) is 5.92 Å². The fourth-order valence-corrected chi connectivity index (χ4v) is 4.51. The van der Waals surface area contributed by atoms with Gasteiger partial charge in [0.15, 0.2) is 11.5 Å². The monoisotopic (exact) mass is 545 g/mol. The van der Waals surface area contributed by atoms with E-state index in [-0.39, 0.29) is 18.4 Å². The number of rotatable bonds is 12. The minimum absolute atomic E-state index is 0.151. The fourth-order valence-electron chi connectivity index (χ4n) is 4.51. The van der Waals surface area contributed by atoms with E-state index < -0.39 is 6.04 Å². The van der Waals surface area contributed by atoms with E-state index in [1.807, 2.05) is 30.3 Å². The second kappa shape index (κ2) is 13.0. The van der Waals surface area contributed by atoms with Crippen molar-refractivity contribution in [1.82, 2.24) is 20.3 Å². The zero-order valence-corrected chi connectivity index (χ0v) is 23.5. The first-order chi connectivity index (χ1) is 19.4. The number of ether oxygens (including phenoxy) is 3. The summed E-state index contributed by atoms with van der Waals surface area (Å²) < 4.78 is 18.1. The molecule has 0 saturated carbocycles. The summed E-state index contributed by atoms with van der Waals surface area (Å²) in [5.74, 6) is 1.07. The van der Waals surface area contributed by atoms with Crippen LogP contribution >= 0.6 is 0 Å². The largest absolute Gasteiger partial charge is 0.495 e. The van der Waals surface area contributed by atoms with Crippen molar-refractivity contribution in [3.05, 3.63) is 72.3 Å². The zero-order valence-electron chi connectivity index (χ0n) is 23.5. The molecule has 1 atom stereocenters. The van der Waals surface area contributed by atoms with Gasteiger partial charge in [-0.05, 0) is 54.3 Å². The van der Waals surface area contributed by atoms with E-state index in [0.717, 1.165) is 6.42 Å². The first-order valence-electron chi connectivity index (χ1n) is 13.1. The molecule has 10 nitrogen and oxygen atoms in total. The van der Waals surface area contributed by atoms with Gasteiger partial charge in [-0.2, -0.15) is 0 Å². The number of methoxy groups -OCH3 is 3. The van der Waals surface area contributed by atoms with Crippen molar-refractivity contribution in [1.29, 1.82) is 0 Å². The molecule has 0 aliphatic rings. The molecule has 4 rings (SSSR count). The van der Waals surface area contributed by atoms with Gasteiger partial charge in [0.2, 0.25) is 11.8 Å². The number of carbonyl (C=O) groups excluding carboxylic acids is 2. The highest BCUT2D eigenvalue weighted by atomic mass is 16.5. The molecule has 1 aromatic heterocycles. The molecule has 0 spiro atoms. The highest BCUT2D eigenvalue weighted by molar-refractivity contribution is 6.02. The van der Waals surface area contributed by atoms with Crippen LogP contribution in [0.2, 0.25) is 0 Å². The third kappa shape index (κ3) is 6.17. The number of anilines is 1. The van der Waals surface area contributed by atoms with Crippen LogP contribution in [0.5, 0.6) is 17.2 Å². The third-order valence-electron chi connectivity index (χ3n) is 6.57. The Bertz CT molecular complexity index is 1470. The molecule has 0 aliphatic carbocycles. The average Bonchev–Trinajstić information content (AvgIpc) is 3.37. The van der Waals surface area contributed by atoms with Crippen LogP contribution in [0.3, 0.4) is 0 Å². The van der Waals surface area contributed by atoms with Crippen molar-refractivity contribution in [2.75, 3.05) is 32.8 Å². The van der Waals surface area contributed by atoms with Crippen LogP contribution < -0.4 is 24.4 Å². The number of fused-ring (bicyclic) bond motifs is 1. The summed E-state index contributed by atoms with van der Waals surface area (Å²) in [7, 11) is 4.60. The lowest BCUT2D eigenvalue weighted by molar-refractivity contribution is -0.127. The number of aromatic nitrogens is 3. The molecule has 4 aromatic rings. The highest BCUT2D eigenvalue weighted by Crippen LogP contribution is 2.38. The molecule has 40 heavy (non-hydrogen) atoms. The molecular formula is C30H35N5O5. The second-order valence-electron chi connectivity index (χ2n) is 9.66. The predicted octanol–water partition coefficient (Wildman–Crippen LogP) is 4.39. The molecule has 3 aromatic carbocycles. The number of benzene rings is 3. The van der Waals surface area contributed by atoms with E-state index in [1.54, 1.807) is 43.5 Å². The fraction of sp³-hybridized carbons (Fsp3) is 0.333. The van der Waals surface area contributed by atoms with Crippen molar-refractivity contribution in [2.45, 2.75) is 32.9 Å². The molecule has 1 N–H and O–H groups in total. The van der Waals surface area contributed by atoms with Gasteiger partial charge in [0.05, 0.1) is 32.5 Å². The van der Waals surface area contributed by atoms with Crippen LogP contribution in [-0.4, -0.2) is 54.7 Å². The molecule has 1 unspecified atom stereocenters. The van der Waals surface area contributed by atoms with Crippen molar-refractivity contribution in [3.63, 3.8) is 0 Å². The first-order valence-corrected chi connectivity index (χ1v) is 13.1. The molecule has 0 aliphatic heterocycles. The van der Waals surface area contributed by atoms with Gasteiger partial charge >= 0.3 is 0 Å². The van der Waals surface area contributed by atoms with E-state index in [9.17, 15) is 9.59 Å². The Morgan fingerprint density at radius 1 is 0.900 bits per heavy atom. The molecular weight excluding hydrogens is 510 g/mol. The molecule has 0 fully saturated rings. The van der Waals surface area contributed by atoms with Crippen molar-refractivity contribution in [3.8, 4) is 17.2 Å². The minimum Gasteiger partial charge on any atom is -0.495 e. The Morgan fingerprint density at radius 2 is 1.60 bits per heavy atom. The molecule has 0 radical (unpaired) electrons. The van der Waals surface area contributed by atoms with E-state index in [2.05, 4.69) is 29.5 Å².